The van der Waals surface area contributed by atoms with Crippen LogP contribution in [0.1, 0.15) is 17.3 Å². The lowest BCUT2D eigenvalue weighted by Crippen LogP contribution is -2.13. The second kappa shape index (κ2) is 4.94. The van der Waals surface area contributed by atoms with E-state index in [-0.39, 0.29) is 5.88 Å². The van der Waals surface area contributed by atoms with Gasteiger partial charge < -0.3 is 9.84 Å². The SMILES string of the molecule is C#CC(C)Oc1ncc([N+](=O)[O-])cc1C(=O)O. The molecule has 0 saturated carbocycles. The minimum Gasteiger partial charge on any atom is -0.477 e. The summed E-state index contributed by atoms with van der Waals surface area (Å²) in [6.45, 7) is 1.52. The Morgan fingerprint density at radius 3 is 2.88 bits per heavy atom. The first-order chi connectivity index (χ1) is 7.95. The Balaban J connectivity index is 3.18. The van der Waals surface area contributed by atoms with Crippen molar-refractivity contribution >= 4 is 11.7 Å². The molecule has 7 heteroatoms. The summed E-state index contributed by atoms with van der Waals surface area (Å²) in [5.41, 5.74) is -0.829. The molecule has 0 radical (unpaired) electrons. The lowest BCUT2D eigenvalue weighted by molar-refractivity contribution is -0.385. The quantitative estimate of drug-likeness (QED) is 0.476. The summed E-state index contributed by atoms with van der Waals surface area (Å²) in [7, 11) is 0. The fraction of sp³-hybridized carbons (Fsp3) is 0.200. The molecule has 88 valence electrons. The van der Waals surface area contributed by atoms with Crippen LogP contribution in [-0.4, -0.2) is 27.1 Å². The topological polar surface area (TPSA) is 103 Å². The molecule has 1 N–H and O–H groups in total. The molecular formula is C10H8N2O5. The molecule has 0 bridgehead atoms. The monoisotopic (exact) mass is 236 g/mol. The van der Waals surface area contributed by atoms with E-state index in [0.29, 0.717) is 0 Å². The van der Waals surface area contributed by atoms with E-state index in [1.165, 1.54) is 6.92 Å². The summed E-state index contributed by atoms with van der Waals surface area (Å²) in [6.07, 6.45) is 5.29. The molecular weight excluding hydrogens is 228 g/mol. The first-order valence-electron chi connectivity index (χ1n) is 4.46. The van der Waals surface area contributed by atoms with E-state index in [1.54, 1.807) is 0 Å². The number of hydrogen-bond donors (Lipinski definition) is 1. The average Bonchev–Trinajstić information content (AvgIpc) is 2.28. The summed E-state index contributed by atoms with van der Waals surface area (Å²) < 4.78 is 5.04. The summed E-state index contributed by atoms with van der Waals surface area (Å²) >= 11 is 0. The number of terminal acetylenes is 1. The largest absolute Gasteiger partial charge is 0.477 e. The van der Waals surface area contributed by atoms with Crippen molar-refractivity contribution in [2.24, 2.45) is 0 Å². The van der Waals surface area contributed by atoms with Crippen LogP contribution in [0, 0.1) is 22.5 Å². The number of carboxylic acids is 1. The average molecular weight is 236 g/mol. The number of nitro groups is 1. The fourth-order valence-electron chi connectivity index (χ4n) is 0.990. The van der Waals surface area contributed by atoms with Crippen LogP contribution in [0.15, 0.2) is 12.3 Å². The Hall–Kier alpha value is -2.62. The smallest absolute Gasteiger partial charge is 0.341 e. The highest BCUT2D eigenvalue weighted by molar-refractivity contribution is 5.90. The first-order valence-corrected chi connectivity index (χ1v) is 4.46. The van der Waals surface area contributed by atoms with Crippen molar-refractivity contribution < 1.29 is 19.6 Å². The normalized spacial score (nSPS) is 11.3. The maximum atomic E-state index is 10.9. The molecule has 0 saturated heterocycles. The van der Waals surface area contributed by atoms with Gasteiger partial charge in [-0.3, -0.25) is 10.1 Å². The Morgan fingerprint density at radius 2 is 2.41 bits per heavy atom. The number of aromatic carboxylic acids is 1. The van der Waals surface area contributed by atoms with E-state index in [1.807, 2.05) is 0 Å². The number of hydrogen-bond acceptors (Lipinski definition) is 5. The van der Waals surface area contributed by atoms with Crippen molar-refractivity contribution in [2.45, 2.75) is 13.0 Å². The van der Waals surface area contributed by atoms with Crippen LogP contribution in [-0.2, 0) is 0 Å². The van der Waals surface area contributed by atoms with Crippen LogP contribution in [0.5, 0.6) is 5.88 Å². The van der Waals surface area contributed by atoms with Crippen LogP contribution in [0.3, 0.4) is 0 Å². The fourth-order valence-corrected chi connectivity index (χ4v) is 0.990. The van der Waals surface area contributed by atoms with Crippen LogP contribution in [0.2, 0.25) is 0 Å². The van der Waals surface area contributed by atoms with Gasteiger partial charge in [-0.1, -0.05) is 5.92 Å². The Labute approximate surface area is 96.2 Å². The molecule has 7 nitrogen and oxygen atoms in total. The van der Waals surface area contributed by atoms with Crippen molar-refractivity contribution in [1.82, 2.24) is 4.98 Å². The van der Waals surface area contributed by atoms with Gasteiger partial charge in [-0.2, -0.15) is 0 Å². The number of aromatic nitrogens is 1. The van der Waals surface area contributed by atoms with Crippen LogP contribution >= 0.6 is 0 Å². The van der Waals surface area contributed by atoms with E-state index in [9.17, 15) is 14.9 Å². The maximum Gasteiger partial charge on any atom is 0.341 e. The van der Waals surface area contributed by atoms with Gasteiger partial charge in [0.25, 0.3) is 5.69 Å². The molecule has 1 aromatic heterocycles. The zero-order chi connectivity index (χ0) is 13.0. The van der Waals surface area contributed by atoms with E-state index in [4.69, 9.17) is 16.3 Å². The Bertz CT molecular complexity index is 506. The highest BCUT2D eigenvalue weighted by Crippen LogP contribution is 2.21. The number of rotatable bonds is 4. The lowest BCUT2D eigenvalue weighted by atomic mass is 10.2. The van der Waals surface area contributed by atoms with Gasteiger partial charge in [-0.25, -0.2) is 9.78 Å². The third-order valence-electron chi connectivity index (χ3n) is 1.80. The van der Waals surface area contributed by atoms with Crippen molar-refractivity contribution in [3.8, 4) is 18.2 Å². The molecule has 1 aromatic rings. The Kier molecular flexibility index (Phi) is 3.62. The second-order valence-corrected chi connectivity index (χ2v) is 3.04. The second-order valence-electron chi connectivity index (χ2n) is 3.04. The summed E-state index contributed by atoms with van der Waals surface area (Å²) in [5.74, 6) is 0.611. The van der Waals surface area contributed by atoms with E-state index in [0.717, 1.165) is 12.3 Å². The standard InChI is InChI=1S/C10H8N2O5/c1-3-6(2)17-9-8(10(13)14)4-7(5-11-9)12(15)16/h1,4-6H,2H3,(H,13,14). The summed E-state index contributed by atoms with van der Waals surface area (Å²) in [4.78, 5) is 24.2. The molecule has 17 heavy (non-hydrogen) atoms. The molecule has 1 heterocycles. The van der Waals surface area contributed by atoms with Gasteiger partial charge in [0, 0.05) is 6.07 Å². The molecule has 0 aliphatic rings. The molecule has 1 unspecified atom stereocenters. The predicted octanol–water partition coefficient (Wildman–Crippen LogP) is 1.09. The van der Waals surface area contributed by atoms with Crippen molar-refractivity contribution in [2.75, 3.05) is 0 Å². The molecule has 1 atom stereocenters. The van der Waals surface area contributed by atoms with Gasteiger partial charge in [0.1, 0.15) is 11.8 Å². The molecule has 0 amide bonds. The molecule has 0 aliphatic heterocycles. The van der Waals surface area contributed by atoms with E-state index in [2.05, 4.69) is 10.9 Å². The van der Waals surface area contributed by atoms with Gasteiger partial charge >= 0.3 is 5.97 Å². The number of nitrogens with zero attached hydrogens (tertiary/aromatic N) is 2. The number of ether oxygens (including phenoxy) is 1. The van der Waals surface area contributed by atoms with Crippen molar-refractivity contribution in [3.63, 3.8) is 0 Å². The van der Waals surface area contributed by atoms with Gasteiger partial charge in [0.05, 0.1) is 4.92 Å². The number of carboxylic acid groups (broad SMARTS) is 1. The molecule has 0 fully saturated rings. The molecule has 0 spiro atoms. The molecule has 1 rings (SSSR count). The van der Waals surface area contributed by atoms with E-state index < -0.39 is 28.2 Å². The highest BCUT2D eigenvalue weighted by atomic mass is 16.6. The first kappa shape index (κ1) is 12.4. The van der Waals surface area contributed by atoms with Crippen molar-refractivity contribution in [3.05, 3.63) is 27.9 Å². The minimum absolute atomic E-state index is 0.242. The molecule has 0 aliphatic carbocycles. The summed E-state index contributed by atoms with van der Waals surface area (Å²) in [6, 6.07) is 0.869. The predicted molar refractivity (Wildman–Crippen MR) is 56.8 cm³/mol. The van der Waals surface area contributed by atoms with Gasteiger partial charge in [0.15, 0.2) is 6.10 Å². The van der Waals surface area contributed by atoms with Crippen LogP contribution < -0.4 is 4.74 Å². The van der Waals surface area contributed by atoms with Gasteiger partial charge in [-0.05, 0) is 6.92 Å². The molecule has 0 aromatic carbocycles. The van der Waals surface area contributed by atoms with Gasteiger partial charge in [0.2, 0.25) is 5.88 Å². The number of carbonyl (C=O) groups is 1. The lowest BCUT2D eigenvalue weighted by Gasteiger charge is -2.09. The highest BCUT2D eigenvalue weighted by Gasteiger charge is 2.19. The van der Waals surface area contributed by atoms with Crippen molar-refractivity contribution in [1.29, 1.82) is 0 Å². The minimum atomic E-state index is -1.37. The zero-order valence-corrected chi connectivity index (χ0v) is 8.78. The maximum absolute atomic E-state index is 10.9. The van der Waals surface area contributed by atoms with Crippen LogP contribution in [0.4, 0.5) is 5.69 Å². The van der Waals surface area contributed by atoms with E-state index >= 15 is 0 Å². The third-order valence-corrected chi connectivity index (χ3v) is 1.80. The summed E-state index contributed by atoms with van der Waals surface area (Å²) in [5, 5.41) is 19.3. The van der Waals surface area contributed by atoms with Crippen LogP contribution in [0.25, 0.3) is 0 Å². The Morgan fingerprint density at radius 1 is 1.76 bits per heavy atom. The van der Waals surface area contributed by atoms with Gasteiger partial charge in [-0.15, -0.1) is 6.42 Å². The number of pyridine rings is 1. The third kappa shape index (κ3) is 2.92. The zero-order valence-electron chi connectivity index (χ0n) is 8.78.